The number of amides is 1. The fraction of sp³-hybridized carbons (Fsp3) is 0.667. The van der Waals surface area contributed by atoms with Crippen LogP contribution in [0.5, 0.6) is 0 Å². The van der Waals surface area contributed by atoms with Crippen LogP contribution >= 0.6 is 0 Å². The van der Waals surface area contributed by atoms with E-state index >= 15 is 0 Å². The average Bonchev–Trinajstić information content (AvgIpc) is 2.18. The van der Waals surface area contributed by atoms with Gasteiger partial charge in [0, 0.05) is 20.0 Å². The summed E-state index contributed by atoms with van der Waals surface area (Å²) >= 11 is 0. The Labute approximate surface area is 66.9 Å². The van der Waals surface area contributed by atoms with Crippen LogP contribution in [0.2, 0.25) is 0 Å². The van der Waals surface area contributed by atoms with E-state index in [1.807, 2.05) is 11.9 Å². The van der Waals surface area contributed by atoms with Crippen LogP contribution in [0, 0.1) is 11.8 Å². The largest absolute Gasteiger partial charge is 0.345 e. The number of hydrogen-bond donors (Lipinski definition) is 0. The average molecular weight is 151 g/mol. The number of nitrogens with zero attached hydrogens (tertiary/aromatic N) is 1. The number of carbonyl (C=O) groups excluding carboxylic acids is 1. The highest BCUT2D eigenvalue weighted by molar-refractivity contribution is 5.77. The maximum absolute atomic E-state index is 11.3. The van der Waals surface area contributed by atoms with Crippen molar-refractivity contribution >= 4 is 5.91 Å². The zero-order valence-corrected chi connectivity index (χ0v) is 6.84. The third-order valence-corrected chi connectivity index (χ3v) is 2.96. The van der Waals surface area contributed by atoms with E-state index in [2.05, 4.69) is 6.58 Å². The molecule has 3 rings (SSSR count). The molecule has 3 fully saturated rings. The lowest BCUT2D eigenvalue weighted by Crippen LogP contribution is -2.30. The van der Waals surface area contributed by atoms with Crippen molar-refractivity contribution in [1.82, 2.24) is 4.90 Å². The molecule has 3 aliphatic rings. The Hall–Kier alpha value is -0.790. The van der Waals surface area contributed by atoms with E-state index in [-0.39, 0.29) is 5.91 Å². The Morgan fingerprint density at radius 3 is 2.91 bits per heavy atom. The van der Waals surface area contributed by atoms with E-state index in [0.717, 1.165) is 6.54 Å². The summed E-state index contributed by atoms with van der Waals surface area (Å²) in [5, 5.41) is 0. The van der Waals surface area contributed by atoms with Gasteiger partial charge in [-0.1, -0.05) is 12.2 Å². The minimum absolute atomic E-state index is 0.288. The molecule has 2 atom stereocenters. The SMILES string of the molecule is C=C1C2CC(=O)N(C)CC1C2. The molecule has 1 amide bonds. The van der Waals surface area contributed by atoms with Crippen LogP contribution in [0.3, 0.4) is 0 Å². The van der Waals surface area contributed by atoms with E-state index in [1.165, 1.54) is 12.0 Å². The van der Waals surface area contributed by atoms with Gasteiger partial charge in [-0.05, 0) is 18.3 Å². The first-order valence-corrected chi connectivity index (χ1v) is 4.11. The zero-order valence-electron chi connectivity index (χ0n) is 6.84. The lowest BCUT2D eigenvalue weighted by molar-refractivity contribution is -0.129. The number of rotatable bonds is 0. The Morgan fingerprint density at radius 1 is 1.55 bits per heavy atom. The Morgan fingerprint density at radius 2 is 2.27 bits per heavy atom. The second kappa shape index (κ2) is 2.10. The summed E-state index contributed by atoms with van der Waals surface area (Å²) in [5.41, 5.74) is 1.31. The maximum Gasteiger partial charge on any atom is 0.222 e. The van der Waals surface area contributed by atoms with Gasteiger partial charge in [0.25, 0.3) is 0 Å². The quantitative estimate of drug-likeness (QED) is 0.474. The molecular weight excluding hydrogens is 138 g/mol. The Balaban J connectivity index is 2.18. The van der Waals surface area contributed by atoms with Gasteiger partial charge in [0.15, 0.2) is 0 Å². The minimum Gasteiger partial charge on any atom is -0.345 e. The molecule has 0 N–H and O–H groups in total. The summed E-state index contributed by atoms with van der Waals surface area (Å²) < 4.78 is 0. The molecule has 1 saturated carbocycles. The first kappa shape index (κ1) is 6.89. The molecule has 2 nitrogen and oxygen atoms in total. The molecule has 11 heavy (non-hydrogen) atoms. The smallest absolute Gasteiger partial charge is 0.222 e. The molecule has 2 aliphatic heterocycles. The van der Waals surface area contributed by atoms with Gasteiger partial charge in [-0.15, -0.1) is 0 Å². The van der Waals surface area contributed by atoms with Gasteiger partial charge in [-0.2, -0.15) is 0 Å². The number of carbonyl (C=O) groups is 1. The van der Waals surface area contributed by atoms with Crippen LogP contribution in [0.15, 0.2) is 12.2 Å². The third-order valence-electron chi connectivity index (χ3n) is 2.96. The van der Waals surface area contributed by atoms with Gasteiger partial charge >= 0.3 is 0 Å². The topological polar surface area (TPSA) is 20.3 Å². The Kier molecular flexibility index (Phi) is 1.31. The molecule has 60 valence electrons. The molecule has 0 spiro atoms. The third kappa shape index (κ3) is 0.889. The van der Waals surface area contributed by atoms with Gasteiger partial charge < -0.3 is 4.90 Å². The van der Waals surface area contributed by atoms with Gasteiger partial charge in [-0.3, -0.25) is 4.79 Å². The summed E-state index contributed by atoms with van der Waals surface area (Å²) in [4.78, 5) is 13.1. The molecule has 2 unspecified atom stereocenters. The van der Waals surface area contributed by atoms with Crippen LogP contribution in [0.25, 0.3) is 0 Å². The summed E-state index contributed by atoms with van der Waals surface area (Å²) in [5.74, 6) is 1.41. The molecule has 2 saturated heterocycles. The standard InChI is InChI=1S/C9H13NO/c1-6-7-3-8(6)5-10(2)9(11)4-7/h7-8H,1,3-5H2,2H3. The fourth-order valence-electron chi connectivity index (χ4n) is 2.02. The molecule has 0 aromatic heterocycles. The maximum atomic E-state index is 11.3. The van der Waals surface area contributed by atoms with Gasteiger partial charge in [-0.25, -0.2) is 0 Å². The highest BCUT2D eigenvalue weighted by Crippen LogP contribution is 2.43. The van der Waals surface area contributed by atoms with E-state index in [9.17, 15) is 4.79 Å². The van der Waals surface area contributed by atoms with Crippen molar-refractivity contribution in [3.63, 3.8) is 0 Å². The summed E-state index contributed by atoms with van der Waals surface area (Å²) in [6.45, 7) is 4.89. The van der Waals surface area contributed by atoms with E-state index in [1.54, 1.807) is 0 Å². The van der Waals surface area contributed by atoms with Crippen LogP contribution in [-0.4, -0.2) is 24.4 Å². The molecule has 0 aromatic carbocycles. The van der Waals surface area contributed by atoms with Crippen LogP contribution < -0.4 is 0 Å². The predicted octanol–water partition coefficient (Wildman–Crippen LogP) is 1.04. The van der Waals surface area contributed by atoms with Crippen molar-refractivity contribution in [2.75, 3.05) is 13.6 Å². The van der Waals surface area contributed by atoms with Crippen molar-refractivity contribution in [2.24, 2.45) is 11.8 Å². The van der Waals surface area contributed by atoms with E-state index in [4.69, 9.17) is 0 Å². The molecule has 0 radical (unpaired) electrons. The van der Waals surface area contributed by atoms with Crippen LogP contribution in [0.4, 0.5) is 0 Å². The van der Waals surface area contributed by atoms with E-state index < -0.39 is 0 Å². The Bertz CT molecular complexity index is 222. The molecule has 1 aliphatic carbocycles. The fourth-order valence-corrected chi connectivity index (χ4v) is 2.02. The van der Waals surface area contributed by atoms with Crippen molar-refractivity contribution < 1.29 is 4.79 Å². The van der Waals surface area contributed by atoms with Crippen LogP contribution in [-0.2, 0) is 4.79 Å². The van der Waals surface area contributed by atoms with Gasteiger partial charge in [0.1, 0.15) is 0 Å². The van der Waals surface area contributed by atoms with Crippen molar-refractivity contribution in [1.29, 1.82) is 0 Å². The lowest BCUT2D eigenvalue weighted by atomic mass is 9.70. The molecule has 0 aromatic rings. The first-order chi connectivity index (χ1) is 5.18. The first-order valence-electron chi connectivity index (χ1n) is 4.11. The highest BCUT2D eigenvalue weighted by Gasteiger charge is 2.39. The zero-order chi connectivity index (χ0) is 8.01. The second-order valence-corrected chi connectivity index (χ2v) is 3.68. The lowest BCUT2D eigenvalue weighted by Gasteiger charge is -2.35. The molecular formula is C9H13NO. The molecule has 2 bridgehead atoms. The summed E-state index contributed by atoms with van der Waals surface area (Å²) in [7, 11) is 1.89. The molecule has 2 heteroatoms. The normalized spacial score (nSPS) is 36.6. The van der Waals surface area contributed by atoms with Crippen molar-refractivity contribution in [3.05, 3.63) is 12.2 Å². The summed E-state index contributed by atoms with van der Waals surface area (Å²) in [6.07, 6.45) is 1.89. The minimum atomic E-state index is 0.288. The van der Waals surface area contributed by atoms with Crippen molar-refractivity contribution in [2.45, 2.75) is 12.8 Å². The monoisotopic (exact) mass is 151 g/mol. The van der Waals surface area contributed by atoms with Crippen molar-refractivity contribution in [3.8, 4) is 0 Å². The highest BCUT2D eigenvalue weighted by atomic mass is 16.2. The van der Waals surface area contributed by atoms with Gasteiger partial charge in [0.2, 0.25) is 5.91 Å². The van der Waals surface area contributed by atoms with E-state index in [0.29, 0.717) is 18.3 Å². The van der Waals surface area contributed by atoms with Gasteiger partial charge in [0.05, 0.1) is 0 Å². The second-order valence-electron chi connectivity index (χ2n) is 3.68. The summed E-state index contributed by atoms with van der Waals surface area (Å²) in [6, 6.07) is 0. The van der Waals surface area contributed by atoms with Crippen LogP contribution in [0.1, 0.15) is 12.8 Å². The number of hydrogen-bond acceptors (Lipinski definition) is 1. The number of fused-ring (bicyclic) bond motifs is 3. The molecule has 2 heterocycles. The predicted molar refractivity (Wildman–Crippen MR) is 43.0 cm³/mol.